The molecule has 36 heavy (non-hydrogen) atoms. The van der Waals surface area contributed by atoms with Crippen molar-refractivity contribution in [2.24, 2.45) is 9.98 Å². The second-order valence-electron chi connectivity index (χ2n) is 7.71. The Kier molecular flexibility index (Phi) is 7.22. The largest absolute Gasteiger partial charge is 0.573 e. The Morgan fingerprint density at radius 2 is 2.00 bits per heavy atom. The minimum Gasteiger partial charge on any atom is -0.480 e. The van der Waals surface area contributed by atoms with E-state index in [1.807, 2.05) is 0 Å². The van der Waals surface area contributed by atoms with Crippen LogP contribution in [0.3, 0.4) is 0 Å². The summed E-state index contributed by atoms with van der Waals surface area (Å²) in [4.78, 5) is 35.1. The lowest BCUT2D eigenvalue weighted by molar-refractivity contribution is -0.274. The zero-order chi connectivity index (χ0) is 25.9. The molecule has 3 unspecified atom stereocenters. The molecule has 10 nitrogen and oxygen atoms in total. The number of amides is 2. The Morgan fingerprint density at radius 1 is 1.25 bits per heavy atom. The van der Waals surface area contributed by atoms with E-state index < -0.39 is 42.3 Å². The van der Waals surface area contributed by atoms with Crippen LogP contribution in [-0.2, 0) is 19.1 Å². The number of hydrogen-bond donors (Lipinski definition) is 2. The number of carbonyl (C=O) groups excluding carboxylic acids is 2. The SMILES string of the molecule is COC1=NC(c2ccc(NC(=O)C(O)C3OCCN(c4cccc(OC(F)(F)F)c4)C3=O)cc2)N=C1. The standard InChI is InChI=1S/C23H21F3N4O6/c1-34-17-12-27-20(29-17)13-5-7-14(8-6-13)28-21(32)18(31)19-22(33)30(9-10-35-19)15-3-2-4-16(11-15)36-23(24,25)26/h2-8,11-12,18-20,31H,9-10H2,1H3,(H,28,32). The van der Waals surface area contributed by atoms with Crippen LogP contribution >= 0.6 is 0 Å². The number of aliphatic hydroxyl groups is 1. The van der Waals surface area contributed by atoms with Gasteiger partial charge in [-0.25, -0.2) is 4.99 Å². The molecule has 1 fully saturated rings. The van der Waals surface area contributed by atoms with Crippen molar-refractivity contribution in [3.8, 4) is 5.75 Å². The fourth-order valence-corrected chi connectivity index (χ4v) is 3.62. The molecule has 0 aromatic heterocycles. The third-order valence-electron chi connectivity index (χ3n) is 5.30. The van der Waals surface area contributed by atoms with Crippen LogP contribution in [0.4, 0.5) is 24.5 Å². The highest BCUT2D eigenvalue weighted by Crippen LogP contribution is 2.29. The molecule has 1 saturated heterocycles. The van der Waals surface area contributed by atoms with E-state index in [-0.39, 0.29) is 18.8 Å². The smallest absolute Gasteiger partial charge is 0.480 e. The highest BCUT2D eigenvalue weighted by atomic mass is 19.4. The number of benzene rings is 2. The summed E-state index contributed by atoms with van der Waals surface area (Å²) in [6.07, 6.45) is -7.29. The van der Waals surface area contributed by atoms with Crippen molar-refractivity contribution in [1.29, 1.82) is 0 Å². The van der Waals surface area contributed by atoms with Gasteiger partial charge in [-0.1, -0.05) is 18.2 Å². The second kappa shape index (κ2) is 10.3. The fraction of sp³-hybridized carbons (Fsp3) is 0.304. The summed E-state index contributed by atoms with van der Waals surface area (Å²) in [5.74, 6) is -1.79. The van der Waals surface area contributed by atoms with Crippen molar-refractivity contribution in [3.05, 3.63) is 54.1 Å². The normalized spacial score (nSPS) is 20.6. The molecule has 190 valence electrons. The molecule has 2 heterocycles. The molecule has 2 aromatic carbocycles. The van der Waals surface area contributed by atoms with E-state index in [4.69, 9.17) is 9.47 Å². The number of nitrogens with zero attached hydrogens (tertiary/aromatic N) is 3. The molecule has 0 radical (unpaired) electrons. The van der Waals surface area contributed by atoms with E-state index >= 15 is 0 Å². The van der Waals surface area contributed by atoms with Gasteiger partial charge in [-0.3, -0.25) is 14.6 Å². The first-order chi connectivity index (χ1) is 17.1. The van der Waals surface area contributed by atoms with E-state index in [1.165, 1.54) is 25.5 Å². The van der Waals surface area contributed by atoms with Crippen LogP contribution in [0.25, 0.3) is 0 Å². The maximum absolute atomic E-state index is 12.9. The van der Waals surface area contributed by atoms with Gasteiger partial charge in [0.05, 0.1) is 19.9 Å². The molecule has 4 rings (SSSR count). The molecule has 0 aliphatic carbocycles. The number of methoxy groups -OCH3 is 1. The monoisotopic (exact) mass is 506 g/mol. The van der Waals surface area contributed by atoms with E-state index in [9.17, 15) is 27.9 Å². The van der Waals surface area contributed by atoms with Gasteiger partial charge in [0.15, 0.2) is 18.4 Å². The number of nitrogens with one attached hydrogen (secondary N) is 1. The Labute approximate surface area is 203 Å². The van der Waals surface area contributed by atoms with E-state index in [0.29, 0.717) is 11.6 Å². The highest BCUT2D eigenvalue weighted by Gasteiger charge is 2.39. The van der Waals surface area contributed by atoms with Gasteiger partial charge in [-0.15, -0.1) is 13.2 Å². The molecule has 3 atom stereocenters. The van der Waals surface area contributed by atoms with Crippen molar-refractivity contribution in [1.82, 2.24) is 0 Å². The molecular formula is C23H21F3N4O6. The second-order valence-corrected chi connectivity index (χ2v) is 7.71. The third kappa shape index (κ3) is 5.80. The summed E-state index contributed by atoms with van der Waals surface area (Å²) < 4.78 is 51.9. The lowest BCUT2D eigenvalue weighted by Gasteiger charge is -2.34. The zero-order valence-electron chi connectivity index (χ0n) is 18.8. The summed E-state index contributed by atoms with van der Waals surface area (Å²) in [6, 6.07) is 11.4. The molecule has 0 spiro atoms. The maximum Gasteiger partial charge on any atom is 0.573 e. The van der Waals surface area contributed by atoms with Crippen LogP contribution in [0.1, 0.15) is 11.7 Å². The zero-order valence-corrected chi connectivity index (χ0v) is 18.8. The topological polar surface area (TPSA) is 122 Å². The van der Waals surface area contributed by atoms with Gasteiger partial charge in [0.25, 0.3) is 11.8 Å². The summed E-state index contributed by atoms with van der Waals surface area (Å²) in [7, 11) is 1.48. The van der Waals surface area contributed by atoms with Gasteiger partial charge in [0.2, 0.25) is 5.90 Å². The molecule has 2 N–H and O–H groups in total. The van der Waals surface area contributed by atoms with E-state index in [0.717, 1.165) is 22.6 Å². The van der Waals surface area contributed by atoms with Crippen LogP contribution in [-0.4, -0.2) is 67.9 Å². The van der Waals surface area contributed by atoms with E-state index in [1.54, 1.807) is 24.3 Å². The van der Waals surface area contributed by atoms with Crippen LogP contribution in [0, 0.1) is 0 Å². The van der Waals surface area contributed by atoms with Crippen molar-refractivity contribution >= 4 is 35.3 Å². The molecule has 2 aromatic rings. The summed E-state index contributed by atoms with van der Waals surface area (Å²) >= 11 is 0. The quantitative estimate of drug-likeness (QED) is 0.621. The number of alkyl halides is 3. The van der Waals surface area contributed by atoms with Crippen molar-refractivity contribution in [2.75, 3.05) is 30.5 Å². The minimum absolute atomic E-state index is 0.0114. The number of anilines is 2. The van der Waals surface area contributed by atoms with Gasteiger partial charge in [0, 0.05) is 24.0 Å². The van der Waals surface area contributed by atoms with E-state index in [2.05, 4.69) is 20.0 Å². The van der Waals surface area contributed by atoms with Gasteiger partial charge in [0.1, 0.15) is 5.75 Å². The number of ether oxygens (including phenoxy) is 3. The number of morpholine rings is 1. The predicted molar refractivity (Wildman–Crippen MR) is 122 cm³/mol. The molecular weight excluding hydrogens is 485 g/mol. The fourth-order valence-electron chi connectivity index (χ4n) is 3.62. The molecule has 2 aliphatic heterocycles. The number of carbonyl (C=O) groups is 2. The minimum atomic E-state index is -4.90. The predicted octanol–water partition coefficient (Wildman–Crippen LogP) is 2.44. The number of rotatable bonds is 6. The number of aliphatic hydroxyl groups excluding tert-OH is 1. The van der Waals surface area contributed by atoms with Gasteiger partial charge in [-0.05, 0) is 29.8 Å². The van der Waals surface area contributed by atoms with Gasteiger partial charge < -0.3 is 29.5 Å². The summed E-state index contributed by atoms with van der Waals surface area (Å²) in [6.45, 7) is -0.0385. The van der Waals surface area contributed by atoms with Gasteiger partial charge >= 0.3 is 6.36 Å². The lowest BCUT2D eigenvalue weighted by Crippen LogP contribution is -2.55. The Balaban J connectivity index is 1.40. The molecule has 2 aliphatic rings. The van der Waals surface area contributed by atoms with Crippen molar-refractivity contribution < 1.29 is 42.1 Å². The highest BCUT2D eigenvalue weighted by molar-refractivity contribution is 6.27. The number of hydrogen-bond acceptors (Lipinski definition) is 8. The Bertz CT molecular complexity index is 1190. The third-order valence-corrected chi connectivity index (χ3v) is 5.30. The summed E-state index contributed by atoms with van der Waals surface area (Å²) in [5, 5.41) is 13.0. The first-order valence-electron chi connectivity index (χ1n) is 10.7. The van der Waals surface area contributed by atoms with Crippen LogP contribution in [0.2, 0.25) is 0 Å². The Morgan fingerprint density at radius 3 is 2.67 bits per heavy atom. The first-order valence-corrected chi connectivity index (χ1v) is 10.7. The average Bonchev–Trinajstić information content (AvgIpc) is 3.33. The Hall–Kier alpha value is -3.97. The number of aliphatic imine (C=N–C) groups is 2. The maximum atomic E-state index is 12.9. The molecule has 0 saturated carbocycles. The average molecular weight is 506 g/mol. The lowest BCUT2D eigenvalue weighted by atomic mass is 10.1. The number of halogens is 3. The molecule has 2 amide bonds. The van der Waals surface area contributed by atoms with Gasteiger partial charge in [-0.2, -0.15) is 0 Å². The van der Waals surface area contributed by atoms with Crippen LogP contribution in [0.15, 0.2) is 58.5 Å². The van der Waals surface area contributed by atoms with Crippen LogP contribution in [0.5, 0.6) is 5.75 Å². The summed E-state index contributed by atoms with van der Waals surface area (Å²) in [5.41, 5.74) is 1.19. The van der Waals surface area contributed by atoms with Crippen molar-refractivity contribution in [3.63, 3.8) is 0 Å². The molecule has 13 heteroatoms. The van der Waals surface area contributed by atoms with Crippen LogP contribution < -0.4 is 15.0 Å². The molecule has 0 bridgehead atoms. The first kappa shape index (κ1) is 25.1. The van der Waals surface area contributed by atoms with Crippen molar-refractivity contribution in [2.45, 2.75) is 24.7 Å².